The van der Waals surface area contributed by atoms with E-state index in [0.29, 0.717) is 43.1 Å². The fraction of sp³-hybridized carbons (Fsp3) is 0.316. The predicted octanol–water partition coefficient (Wildman–Crippen LogP) is 2.83. The number of fused-ring (bicyclic) bond motifs is 1. The minimum Gasteiger partial charge on any atom is -0.453 e. The molecule has 0 unspecified atom stereocenters. The summed E-state index contributed by atoms with van der Waals surface area (Å²) in [6, 6.07) is 7.58. The van der Waals surface area contributed by atoms with Crippen molar-refractivity contribution in [2.24, 2.45) is 0 Å². The minimum absolute atomic E-state index is 0.150. The number of hydrogen-bond donors (Lipinski definition) is 1. The number of amides is 2. The number of nitrogens with zero attached hydrogens (tertiary/aromatic N) is 2. The molecule has 0 bridgehead atoms. The minimum atomic E-state index is -0.368. The van der Waals surface area contributed by atoms with Crippen molar-refractivity contribution < 1.29 is 14.3 Å². The van der Waals surface area contributed by atoms with Gasteiger partial charge in [-0.3, -0.25) is 9.78 Å². The van der Waals surface area contributed by atoms with Gasteiger partial charge in [-0.1, -0.05) is 23.7 Å². The van der Waals surface area contributed by atoms with E-state index in [1.54, 1.807) is 17.3 Å². The smallest absolute Gasteiger partial charge is 0.409 e. The molecule has 0 atom stereocenters. The molecule has 2 amide bonds. The molecule has 0 fully saturated rings. The SMILES string of the molecule is COC(=O)N1CCc2c(cncc2C(=O)NCCc2cccc(Cl)c2)C1. The van der Waals surface area contributed by atoms with E-state index in [0.717, 1.165) is 16.7 Å². The van der Waals surface area contributed by atoms with Crippen molar-refractivity contribution in [1.82, 2.24) is 15.2 Å². The molecule has 2 aromatic rings. The fourth-order valence-corrected chi connectivity index (χ4v) is 3.30. The highest BCUT2D eigenvalue weighted by atomic mass is 35.5. The first-order chi connectivity index (χ1) is 12.6. The molecule has 0 spiro atoms. The molecular weight excluding hydrogens is 354 g/mol. The maximum atomic E-state index is 12.6. The average molecular weight is 374 g/mol. The number of pyridine rings is 1. The van der Waals surface area contributed by atoms with E-state index in [4.69, 9.17) is 16.3 Å². The summed E-state index contributed by atoms with van der Waals surface area (Å²) in [6.07, 6.45) is 4.22. The van der Waals surface area contributed by atoms with Gasteiger partial charge in [-0.25, -0.2) is 4.79 Å². The second kappa shape index (κ2) is 8.19. The van der Waals surface area contributed by atoms with Crippen LogP contribution in [0.1, 0.15) is 27.0 Å². The van der Waals surface area contributed by atoms with Crippen LogP contribution in [0.4, 0.5) is 4.79 Å². The lowest BCUT2D eigenvalue weighted by Gasteiger charge is -2.28. The maximum Gasteiger partial charge on any atom is 0.409 e. The van der Waals surface area contributed by atoms with Crippen LogP contribution in [-0.2, 0) is 24.1 Å². The van der Waals surface area contributed by atoms with Crippen LogP contribution in [0.3, 0.4) is 0 Å². The molecule has 1 aromatic heterocycles. The van der Waals surface area contributed by atoms with Gasteiger partial charge in [0.05, 0.1) is 19.2 Å². The van der Waals surface area contributed by atoms with Crippen molar-refractivity contribution in [1.29, 1.82) is 0 Å². The van der Waals surface area contributed by atoms with E-state index in [9.17, 15) is 9.59 Å². The Hall–Kier alpha value is -2.60. The third-order valence-corrected chi connectivity index (χ3v) is 4.64. The first-order valence-electron chi connectivity index (χ1n) is 8.39. The zero-order valence-electron chi connectivity index (χ0n) is 14.5. The number of aromatic nitrogens is 1. The zero-order valence-corrected chi connectivity index (χ0v) is 15.3. The normalized spacial score (nSPS) is 13.1. The summed E-state index contributed by atoms with van der Waals surface area (Å²) in [5, 5.41) is 3.62. The molecule has 1 aliphatic heterocycles. The third kappa shape index (κ3) is 4.14. The van der Waals surface area contributed by atoms with Crippen LogP contribution in [0.25, 0.3) is 0 Å². The van der Waals surface area contributed by atoms with Crippen molar-refractivity contribution in [3.05, 3.63) is 63.9 Å². The summed E-state index contributed by atoms with van der Waals surface area (Å²) in [5.74, 6) is -0.150. The number of hydrogen-bond acceptors (Lipinski definition) is 4. The van der Waals surface area contributed by atoms with E-state index < -0.39 is 0 Å². The van der Waals surface area contributed by atoms with Gasteiger partial charge in [0.2, 0.25) is 0 Å². The molecule has 1 aliphatic rings. The molecule has 3 rings (SSSR count). The van der Waals surface area contributed by atoms with Crippen LogP contribution in [0.5, 0.6) is 0 Å². The molecule has 136 valence electrons. The topological polar surface area (TPSA) is 71.5 Å². The number of carbonyl (C=O) groups is 2. The number of nitrogens with one attached hydrogen (secondary N) is 1. The summed E-state index contributed by atoms with van der Waals surface area (Å²) in [7, 11) is 1.36. The van der Waals surface area contributed by atoms with Gasteiger partial charge >= 0.3 is 6.09 Å². The van der Waals surface area contributed by atoms with E-state index in [1.165, 1.54) is 7.11 Å². The van der Waals surface area contributed by atoms with Gasteiger partial charge in [0.1, 0.15) is 0 Å². The summed E-state index contributed by atoms with van der Waals surface area (Å²) in [5.41, 5.74) is 3.46. The Morgan fingerprint density at radius 1 is 1.35 bits per heavy atom. The van der Waals surface area contributed by atoms with Crippen LogP contribution < -0.4 is 5.32 Å². The number of carbonyl (C=O) groups excluding carboxylic acids is 2. The number of ether oxygens (including phenoxy) is 1. The van der Waals surface area contributed by atoms with Crippen molar-refractivity contribution in [2.75, 3.05) is 20.2 Å². The lowest BCUT2D eigenvalue weighted by Crippen LogP contribution is -2.37. The molecule has 0 aliphatic carbocycles. The second-order valence-electron chi connectivity index (χ2n) is 6.10. The van der Waals surface area contributed by atoms with Crippen molar-refractivity contribution in [3.63, 3.8) is 0 Å². The van der Waals surface area contributed by atoms with E-state index >= 15 is 0 Å². The third-order valence-electron chi connectivity index (χ3n) is 4.41. The molecule has 0 radical (unpaired) electrons. The van der Waals surface area contributed by atoms with Crippen LogP contribution in [0.15, 0.2) is 36.7 Å². The molecule has 0 saturated heterocycles. The van der Waals surface area contributed by atoms with Crippen LogP contribution in [0, 0.1) is 0 Å². The van der Waals surface area contributed by atoms with Gasteiger partial charge in [-0.05, 0) is 41.7 Å². The molecule has 26 heavy (non-hydrogen) atoms. The molecule has 1 N–H and O–H groups in total. The van der Waals surface area contributed by atoms with Crippen molar-refractivity contribution >= 4 is 23.6 Å². The maximum absolute atomic E-state index is 12.6. The highest BCUT2D eigenvalue weighted by Crippen LogP contribution is 2.22. The van der Waals surface area contributed by atoms with Gasteiger partial charge in [0.25, 0.3) is 5.91 Å². The number of methoxy groups -OCH3 is 1. The van der Waals surface area contributed by atoms with Gasteiger partial charge < -0.3 is 15.0 Å². The Labute approximate surface area is 157 Å². The van der Waals surface area contributed by atoms with Gasteiger partial charge in [0.15, 0.2) is 0 Å². The molecule has 2 heterocycles. The van der Waals surface area contributed by atoms with Gasteiger partial charge in [-0.15, -0.1) is 0 Å². The van der Waals surface area contributed by atoms with E-state index in [-0.39, 0.29) is 12.0 Å². The van der Waals surface area contributed by atoms with Gasteiger partial charge in [-0.2, -0.15) is 0 Å². The fourth-order valence-electron chi connectivity index (χ4n) is 3.08. The first-order valence-corrected chi connectivity index (χ1v) is 8.77. The largest absolute Gasteiger partial charge is 0.453 e. The second-order valence-corrected chi connectivity index (χ2v) is 6.54. The molecule has 7 heteroatoms. The quantitative estimate of drug-likeness (QED) is 0.894. The molecule has 6 nitrogen and oxygen atoms in total. The Balaban J connectivity index is 1.64. The van der Waals surface area contributed by atoms with Crippen LogP contribution >= 0.6 is 11.6 Å². The average Bonchev–Trinajstić information content (AvgIpc) is 2.66. The lowest BCUT2D eigenvalue weighted by molar-refractivity contribution is 0.0951. The monoisotopic (exact) mass is 373 g/mol. The zero-order chi connectivity index (χ0) is 18.5. The van der Waals surface area contributed by atoms with Crippen LogP contribution in [0.2, 0.25) is 5.02 Å². The standard InChI is InChI=1S/C19H20ClN3O3/c1-26-19(25)23-8-6-16-14(12-23)10-21-11-17(16)18(24)22-7-5-13-3-2-4-15(20)9-13/h2-4,9-11H,5-8,12H2,1H3,(H,22,24). The summed E-state index contributed by atoms with van der Waals surface area (Å²) < 4.78 is 4.76. The Bertz CT molecular complexity index is 825. The predicted molar refractivity (Wildman–Crippen MR) is 98.2 cm³/mol. The summed E-state index contributed by atoms with van der Waals surface area (Å²) in [6.45, 7) is 1.43. The Morgan fingerprint density at radius 3 is 2.96 bits per heavy atom. The molecule has 0 saturated carbocycles. The highest BCUT2D eigenvalue weighted by Gasteiger charge is 2.25. The van der Waals surface area contributed by atoms with Crippen LogP contribution in [-0.4, -0.2) is 42.1 Å². The molecule has 1 aromatic carbocycles. The number of benzene rings is 1. The van der Waals surface area contributed by atoms with E-state index in [2.05, 4.69) is 10.3 Å². The summed E-state index contributed by atoms with van der Waals surface area (Å²) in [4.78, 5) is 30.0. The first kappa shape index (κ1) is 18.2. The number of rotatable bonds is 4. The van der Waals surface area contributed by atoms with Crippen molar-refractivity contribution in [2.45, 2.75) is 19.4 Å². The summed E-state index contributed by atoms with van der Waals surface area (Å²) >= 11 is 5.97. The highest BCUT2D eigenvalue weighted by molar-refractivity contribution is 6.30. The van der Waals surface area contributed by atoms with Gasteiger partial charge in [0, 0.05) is 30.5 Å². The Morgan fingerprint density at radius 2 is 2.19 bits per heavy atom. The van der Waals surface area contributed by atoms with Crippen molar-refractivity contribution in [3.8, 4) is 0 Å². The Kier molecular flexibility index (Phi) is 5.73. The lowest BCUT2D eigenvalue weighted by atomic mass is 9.97. The number of halogens is 1. The molecular formula is C19H20ClN3O3. The van der Waals surface area contributed by atoms with E-state index in [1.807, 2.05) is 24.3 Å².